The summed E-state index contributed by atoms with van der Waals surface area (Å²) in [6.45, 7) is 6.15. The molecule has 0 N–H and O–H groups in total. The van der Waals surface area contributed by atoms with Crippen molar-refractivity contribution in [3.63, 3.8) is 0 Å². The van der Waals surface area contributed by atoms with E-state index >= 15 is 4.39 Å². The molecule has 1 aromatic carbocycles. The summed E-state index contributed by atoms with van der Waals surface area (Å²) >= 11 is 4.96. The molecule has 178 valence electrons. The SMILES string of the molecule is CCCCOC(=O)[C@@H]1C[C@](F)(COC(=S)Oc2ccc(F)cc2)CN1C(=O)OC(C)(C)C. The van der Waals surface area contributed by atoms with E-state index in [4.69, 9.17) is 31.2 Å². The Morgan fingerprint density at radius 2 is 1.88 bits per heavy atom. The number of amides is 1. The number of likely N-dealkylation sites (tertiary alicyclic amines) is 1. The predicted octanol–water partition coefficient (Wildman–Crippen LogP) is 4.57. The van der Waals surface area contributed by atoms with E-state index in [2.05, 4.69) is 0 Å². The molecule has 0 aromatic heterocycles. The van der Waals surface area contributed by atoms with Crippen molar-refractivity contribution in [1.29, 1.82) is 0 Å². The first kappa shape index (κ1) is 25.8. The van der Waals surface area contributed by atoms with Gasteiger partial charge in [-0.3, -0.25) is 4.90 Å². The van der Waals surface area contributed by atoms with E-state index < -0.39 is 48.3 Å². The van der Waals surface area contributed by atoms with Crippen LogP contribution in [0.25, 0.3) is 0 Å². The van der Waals surface area contributed by atoms with Crippen LogP contribution < -0.4 is 4.74 Å². The van der Waals surface area contributed by atoms with Crippen LogP contribution in [0.5, 0.6) is 5.75 Å². The van der Waals surface area contributed by atoms with Crippen LogP contribution in [-0.2, 0) is 19.0 Å². The molecule has 1 aliphatic heterocycles. The van der Waals surface area contributed by atoms with Gasteiger partial charge in [0, 0.05) is 18.6 Å². The number of benzene rings is 1. The molecule has 1 amide bonds. The monoisotopic (exact) mass is 473 g/mol. The minimum atomic E-state index is -2.08. The van der Waals surface area contributed by atoms with Gasteiger partial charge in [-0.2, -0.15) is 0 Å². The lowest BCUT2D eigenvalue weighted by molar-refractivity contribution is -0.149. The van der Waals surface area contributed by atoms with Gasteiger partial charge >= 0.3 is 17.3 Å². The highest BCUT2D eigenvalue weighted by molar-refractivity contribution is 7.79. The number of unbranched alkanes of at least 4 members (excludes halogenated alkanes) is 1. The topological polar surface area (TPSA) is 74.3 Å². The molecule has 1 heterocycles. The Bertz CT molecular complexity index is 814. The summed E-state index contributed by atoms with van der Waals surface area (Å²) < 4.78 is 49.5. The predicted molar refractivity (Wildman–Crippen MR) is 117 cm³/mol. The van der Waals surface area contributed by atoms with Crippen molar-refractivity contribution >= 4 is 29.5 Å². The van der Waals surface area contributed by atoms with Crippen LogP contribution in [-0.4, -0.2) is 59.3 Å². The van der Waals surface area contributed by atoms with Crippen LogP contribution in [0.15, 0.2) is 24.3 Å². The first-order valence-electron chi connectivity index (χ1n) is 10.4. The van der Waals surface area contributed by atoms with Crippen molar-refractivity contribution in [1.82, 2.24) is 4.90 Å². The lowest BCUT2D eigenvalue weighted by Gasteiger charge is -2.27. The summed E-state index contributed by atoms with van der Waals surface area (Å²) in [4.78, 5) is 26.2. The van der Waals surface area contributed by atoms with Crippen LogP contribution in [0.3, 0.4) is 0 Å². The molecule has 2 rings (SSSR count). The molecule has 1 aliphatic rings. The Morgan fingerprint density at radius 1 is 1.22 bits per heavy atom. The Morgan fingerprint density at radius 3 is 2.47 bits per heavy atom. The molecular formula is C22H29F2NO6S. The summed E-state index contributed by atoms with van der Waals surface area (Å²) in [6, 6.07) is 3.90. The molecule has 1 fully saturated rings. The highest BCUT2D eigenvalue weighted by Crippen LogP contribution is 2.33. The van der Waals surface area contributed by atoms with Gasteiger partial charge in [0.1, 0.15) is 29.8 Å². The summed E-state index contributed by atoms with van der Waals surface area (Å²) in [5.74, 6) is -0.922. The van der Waals surface area contributed by atoms with Gasteiger partial charge in [-0.1, -0.05) is 13.3 Å². The third kappa shape index (κ3) is 7.89. The molecule has 0 radical (unpaired) electrons. The molecule has 0 aliphatic carbocycles. The molecule has 0 saturated carbocycles. The molecule has 2 atom stereocenters. The summed E-state index contributed by atoms with van der Waals surface area (Å²) in [5, 5.41) is -0.369. The Hall–Kier alpha value is -2.49. The molecule has 7 nitrogen and oxygen atoms in total. The van der Waals surface area contributed by atoms with E-state index in [0.29, 0.717) is 6.42 Å². The lowest BCUT2D eigenvalue weighted by atomic mass is 10.0. The maximum absolute atomic E-state index is 15.6. The first-order chi connectivity index (χ1) is 14.9. The second kappa shape index (κ2) is 10.9. The van der Waals surface area contributed by atoms with E-state index in [9.17, 15) is 14.0 Å². The van der Waals surface area contributed by atoms with Crippen LogP contribution in [0.4, 0.5) is 13.6 Å². The van der Waals surface area contributed by atoms with E-state index in [1.54, 1.807) is 20.8 Å². The number of esters is 1. The van der Waals surface area contributed by atoms with Crippen LogP contribution >= 0.6 is 12.2 Å². The highest BCUT2D eigenvalue weighted by Gasteiger charge is 2.52. The summed E-state index contributed by atoms with van der Waals surface area (Å²) in [7, 11) is 0. The molecule has 1 aromatic rings. The van der Waals surface area contributed by atoms with Crippen molar-refractivity contribution in [2.24, 2.45) is 0 Å². The van der Waals surface area contributed by atoms with Crippen molar-refractivity contribution in [2.75, 3.05) is 19.8 Å². The fourth-order valence-electron chi connectivity index (χ4n) is 2.99. The Labute approximate surface area is 191 Å². The van der Waals surface area contributed by atoms with E-state index in [0.717, 1.165) is 11.3 Å². The zero-order valence-electron chi connectivity index (χ0n) is 18.7. The van der Waals surface area contributed by atoms with Crippen molar-refractivity contribution in [3.8, 4) is 5.75 Å². The molecule has 0 bridgehead atoms. The van der Waals surface area contributed by atoms with Gasteiger partial charge in [0.2, 0.25) is 0 Å². The fourth-order valence-corrected chi connectivity index (χ4v) is 3.15. The van der Waals surface area contributed by atoms with Gasteiger partial charge in [0.15, 0.2) is 5.67 Å². The standard InChI is InChI=1S/C22H29F2NO6S/c1-5-6-11-28-18(26)17-12-22(24,13-25(17)19(27)31-21(2,3)4)14-29-20(32)30-16-9-7-15(23)8-10-16/h7-10,17H,5-6,11-14H2,1-4H3/t17-,22+/m0/s1. The zero-order chi connectivity index (χ0) is 23.9. The molecule has 10 heteroatoms. The Kier molecular flexibility index (Phi) is 8.77. The molecular weight excluding hydrogens is 444 g/mol. The highest BCUT2D eigenvalue weighted by atomic mass is 32.1. The van der Waals surface area contributed by atoms with Gasteiger partial charge in [-0.05, 0) is 51.5 Å². The lowest BCUT2D eigenvalue weighted by Crippen LogP contribution is -2.44. The molecule has 0 unspecified atom stereocenters. The average Bonchev–Trinajstić information content (AvgIpc) is 3.06. The summed E-state index contributed by atoms with van der Waals surface area (Å²) in [5.41, 5.74) is -2.90. The van der Waals surface area contributed by atoms with Gasteiger partial charge in [-0.15, -0.1) is 0 Å². The Balaban J connectivity index is 2.04. The number of carbonyl (C=O) groups is 2. The van der Waals surface area contributed by atoms with Gasteiger partial charge in [-0.25, -0.2) is 18.4 Å². The second-order valence-corrected chi connectivity index (χ2v) is 8.93. The minimum absolute atomic E-state index is 0.180. The van der Waals surface area contributed by atoms with E-state index in [1.807, 2.05) is 6.92 Å². The quantitative estimate of drug-likeness (QED) is 0.326. The third-order valence-electron chi connectivity index (χ3n) is 4.49. The number of nitrogens with zero attached hydrogens (tertiary/aromatic N) is 1. The maximum atomic E-state index is 15.6. The largest absolute Gasteiger partial charge is 0.464 e. The number of hydrogen-bond donors (Lipinski definition) is 0. The van der Waals surface area contributed by atoms with E-state index in [-0.39, 0.29) is 24.0 Å². The smallest absolute Gasteiger partial charge is 0.411 e. The van der Waals surface area contributed by atoms with E-state index in [1.165, 1.54) is 24.3 Å². The van der Waals surface area contributed by atoms with Crippen LogP contribution in [0.2, 0.25) is 0 Å². The number of halogens is 2. The summed E-state index contributed by atoms with van der Waals surface area (Å²) in [6.07, 6.45) is 0.319. The van der Waals surface area contributed by atoms with Crippen molar-refractivity contribution < 1.29 is 37.3 Å². The van der Waals surface area contributed by atoms with Gasteiger partial charge in [0.05, 0.1) is 13.2 Å². The number of thiocarbonyl (C=S) groups is 1. The number of ether oxygens (including phenoxy) is 4. The average molecular weight is 474 g/mol. The number of rotatable bonds is 7. The normalized spacial score (nSPS) is 20.6. The molecule has 0 spiro atoms. The van der Waals surface area contributed by atoms with Crippen molar-refractivity contribution in [2.45, 2.75) is 64.3 Å². The zero-order valence-corrected chi connectivity index (χ0v) is 19.5. The van der Waals surface area contributed by atoms with Gasteiger partial charge in [0.25, 0.3) is 0 Å². The second-order valence-electron chi connectivity index (χ2n) is 8.59. The first-order valence-corrected chi connectivity index (χ1v) is 10.8. The van der Waals surface area contributed by atoms with Crippen LogP contribution in [0.1, 0.15) is 47.0 Å². The number of alkyl halides is 1. The van der Waals surface area contributed by atoms with Crippen molar-refractivity contribution in [3.05, 3.63) is 30.1 Å². The number of hydrogen-bond acceptors (Lipinski definition) is 7. The number of carbonyl (C=O) groups excluding carboxylic acids is 2. The van der Waals surface area contributed by atoms with Crippen LogP contribution in [0, 0.1) is 5.82 Å². The molecule has 32 heavy (non-hydrogen) atoms. The maximum Gasteiger partial charge on any atom is 0.411 e. The van der Waals surface area contributed by atoms with Gasteiger partial charge < -0.3 is 18.9 Å². The molecule has 1 saturated heterocycles. The minimum Gasteiger partial charge on any atom is -0.464 e. The fraction of sp³-hybridized carbons (Fsp3) is 0.591. The third-order valence-corrected chi connectivity index (χ3v) is 4.70.